The molecule has 94 valence electrons. The minimum atomic E-state index is 0.349. The standard InChI is InChI=1S/C15H24N2/c1-10-7-12(3)14(8-11(10)2)9-17-6-5-15(16)13(17)4/h7-8,13,15H,5-6,9,16H2,1-4H3. The Labute approximate surface area is 105 Å². The zero-order chi connectivity index (χ0) is 12.6. The molecule has 1 fully saturated rings. The Bertz CT molecular complexity index is 412. The van der Waals surface area contributed by atoms with E-state index in [1.807, 2.05) is 0 Å². The van der Waals surface area contributed by atoms with E-state index in [0.29, 0.717) is 12.1 Å². The van der Waals surface area contributed by atoms with Crippen molar-refractivity contribution in [1.82, 2.24) is 4.90 Å². The van der Waals surface area contributed by atoms with Crippen molar-refractivity contribution in [3.05, 3.63) is 34.4 Å². The van der Waals surface area contributed by atoms with Gasteiger partial charge in [-0.25, -0.2) is 0 Å². The summed E-state index contributed by atoms with van der Waals surface area (Å²) in [6.45, 7) is 11.0. The molecule has 0 aliphatic carbocycles. The first-order valence-electron chi connectivity index (χ1n) is 6.55. The van der Waals surface area contributed by atoms with Gasteiger partial charge in [-0.05, 0) is 56.4 Å². The number of benzene rings is 1. The second kappa shape index (κ2) is 4.79. The molecule has 0 amide bonds. The average Bonchev–Trinajstić information content (AvgIpc) is 2.58. The van der Waals surface area contributed by atoms with E-state index in [0.717, 1.165) is 19.5 Å². The Kier molecular flexibility index (Phi) is 3.55. The summed E-state index contributed by atoms with van der Waals surface area (Å²) in [5.41, 5.74) is 11.7. The predicted octanol–water partition coefficient (Wildman–Crippen LogP) is 2.53. The number of nitrogens with two attached hydrogens (primary N) is 1. The minimum absolute atomic E-state index is 0.349. The topological polar surface area (TPSA) is 29.3 Å². The number of hydrogen-bond donors (Lipinski definition) is 1. The summed E-state index contributed by atoms with van der Waals surface area (Å²) < 4.78 is 0. The summed E-state index contributed by atoms with van der Waals surface area (Å²) in [6.07, 6.45) is 1.13. The molecule has 2 atom stereocenters. The van der Waals surface area contributed by atoms with E-state index >= 15 is 0 Å². The highest BCUT2D eigenvalue weighted by Gasteiger charge is 2.27. The van der Waals surface area contributed by atoms with Gasteiger partial charge in [0.25, 0.3) is 0 Å². The van der Waals surface area contributed by atoms with Crippen LogP contribution in [0.25, 0.3) is 0 Å². The molecule has 1 aromatic carbocycles. The molecule has 1 heterocycles. The number of rotatable bonds is 2. The highest BCUT2D eigenvalue weighted by molar-refractivity contribution is 5.36. The summed E-state index contributed by atoms with van der Waals surface area (Å²) in [7, 11) is 0. The van der Waals surface area contributed by atoms with Gasteiger partial charge in [-0.1, -0.05) is 12.1 Å². The Balaban J connectivity index is 2.16. The fourth-order valence-corrected chi connectivity index (χ4v) is 2.66. The molecule has 0 radical (unpaired) electrons. The molecule has 17 heavy (non-hydrogen) atoms. The summed E-state index contributed by atoms with van der Waals surface area (Å²) in [4.78, 5) is 2.50. The van der Waals surface area contributed by atoms with Gasteiger partial charge in [0.15, 0.2) is 0 Å². The van der Waals surface area contributed by atoms with Gasteiger partial charge < -0.3 is 5.73 Å². The van der Waals surface area contributed by atoms with Crippen molar-refractivity contribution in [3.63, 3.8) is 0 Å². The van der Waals surface area contributed by atoms with E-state index in [2.05, 4.69) is 44.7 Å². The summed E-state index contributed by atoms with van der Waals surface area (Å²) >= 11 is 0. The van der Waals surface area contributed by atoms with Crippen molar-refractivity contribution in [3.8, 4) is 0 Å². The van der Waals surface area contributed by atoms with E-state index in [9.17, 15) is 0 Å². The molecule has 2 nitrogen and oxygen atoms in total. The Morgan fingerprint density at radius 3 is 2.41 bits per heavy atom. The van der Waals surface area contributed by atoms with Crippen LogP contribution in [0.15, 0.2) is 12.1 Å². The first kappa shape index (κ1) is 12.6. The third-order valence-corrected chi connectivity index (χ3v) is 4.27. The number of hydrogen-bond acceptors (Lipinski definition) is 2. The molecule has 2 unspecified atom stereocenters. The van der Waals surface area contributed by atoms with Crippen LogP contribution in [0, 0.1) is 20.8 Å². The molecular weight excluding hydrogens is 208 g/mol. The Morgan fingerprint density at radius 1 is 1.18 bits per heavy atom. The number of aryl methyl sites for hydroxylation is 3. The van der Waals surface area contributed by atoms with Crippen molar-refractivity contribution in [1.29, 1.82) is 0 Å². The first-order chi connectivity index (χ1) is 7.99. The second-order valence-corrected chi connectivity index (χ2v) is 5.53. The number of nitrogens with zero attached hydrogens (tertiary/aromatic N) is 1. The zero-order valence-corrected chi connectivity index (χ0v) is 11.5. The van der Waals surface area contributed by atoms with Gasteiger partial charge in [0.05, 0.1) is 0 Å². The Morgan fingerprint density at radius 2 is 1.82 bits per heavy atom. The van der Waals surface area contributed by atoms with Gasteiger partial charge in [-0.2, -0.15) is 0 Å². The molecule has 2 rings (SSSR count). The van der Waals surface area contributed by atoms with Gasteiger partial charge in [0.1, 0.15) is 0 Å². The van der Waals surface area contributed by atoms with Gasteiger partial charge in [0.2, 0.25) is 0 Å². The van der Waals surface area contributed by atoms with Crippen LogP contribution in [0.4, 0.5) is 0 Å². The van der Waals surface area contributed by atoms with Gasteiger partial charge in [0, 0.05) is 25.2 Å². The zero-order valence-electron chi connectivity index (χ0n) is 11.5. The van der Waals surface area contributed by atoms with Crippen LogP contribution >= 0.6 is 0 Å². The van der Waals surface area contributed by atoms with Crippen molar-refractivity contribution in [2.75, 3.05) is 6.54 Å². The van der Waals surface area contributed by atoms with Crippen molar-refractivity contribution < 1.29 is 0 Å². The van der Waals surface area contributed by atoms with E-state index in [1.54, 1.807) is 0 Å². The van der Waals surface area contributed by atoms with Gasteiger partial charge in [-0.15, -0.1) is 0 Å². The molecule has 0 saturated carbocycles. The highest BCUT2D eigenvalue weighted by Crippen LogP contribution is 2.22. The van der Waals surface area contributed by atoms with E-state index < -0.39 is 0 Å². The fraction of sp³-hybridized carbons (Fsp3) is 0.600. The summed E-state index contributed by atoms with van der Waals surface area (Å²) in [5.74, 6) is 0. The van der Waals surface area contributed by atoms with Crippen molar-refractivity contribution in [2.24, 2.45) is 5.73 Å². The highest BCUT2D eigenvalue weighted by atomic mass is 15.2. The summed E-state index contributed by atoms with van der Waals surface area (Å²) in [5, 5.41) is 0. The van der Waals surface area contributed by atoms with Gasteiger partial charge >= 0.3 is 0 Å². The largest absolute Gasteiger partial charge is 0.326 e. The second-order valence-electron chi connectivity index (χ2n) is 5.53. The van der Waals surface area contributed by atoms with Crippen LogP contribution < -0.4 is 5.73 Å². The smallest absolute Gasteiger partial charge is 0.0239 e. The normalized spacial score (nSPS) is 25.5. The molecule has 2 N–H and O–H groups in total. The van der Waals surface area contributed by atoms with E-state index in [4.69, 9.17) is 5.73 Å². The van der Waals surface area contributed by atoms with Crippen molar-refractivity contribution >= 4 is 0 Å². The van der Waals surface area contributed by atoms with Crippen molar-refractivity contribution in [2.45, 2.75) is 52.7 Å². The van der Waals surface area contributed by atoms with Crippen LogP contribution in [-0.2, 0) is 6.54 Å². The molecule has 1 aliphatic rings. The molecule has 1 aromatic rings. The lowest BCUT2D eigenvalue weighted by molar-refractivity contribution is 0.251. The fourth-order valence-electron chi connectivity index (χ4n) is 2.66. The first-order valence-corrected chi connectivity index (χ1v) is 6.55. The molecule has 1 saturated heterocycles. The average molecular weight is 232 g/mol. The quantitative estimate of drug-likeness (QED) is 0.849. The molecular formula is C15H24N2. The van der Waals surface area contributed by atoms with Crippen LogP contribution in [0.3, 0.4) is 0 Å². The van der Waals surface area contributed by atoms with Crippen LogP contribution in [0.5, 0.6) is 0 Å². The lowest BCUT2D eigenvalue weighted by Gasteiger charge is -2.24. The number of likely N-dealkylation sites (tertiary alicyclic amines) is 1. The predicted molar refractivity (Wildman–Crippen MR) is 73.1 cm³/mol. The third kappa shape index (κ3) is 2.53. The lowest BCUT2D eigenvalue weighted by atomic mass is 10.0. The molecule has 0 bridgehead atoms. The van der Waals surface area contributed by atoms with Crippen LogP contribution in [0.2, 0.25) is 0 Å². The van der Waals surface area contributed by atoms with Crippen LogP contribution in [-0.4, -0.2) is 23.5 Å². The third-order valence-electron chi connectivity index (χ3n) is 4.27. The summed E-state index contributed by atoms with van der Waals surface area (Å²) in [6, 6.07) is 5.49. The van der Waals surface area contributed by atoms with E-state index in [1.165, 1.54) is 22.3 Å². The molecule has 2 heteroatoms. The monoisotopic (exact) mass is 232 g/mol. The minimum Gasteiger partial charge on any atom is -0.326 e. The van der Waals surface area contributed by atoms with E-state index in [-0.39, 0.29) is 0 Å². The maximum Gasteiger partial charge on any atom is 0.0239 e. The maximum atomic E-state index is 6.07. The maximum absolute atomic E-state index is 6.07. The van der Waals surface area contributed by atoms with Crippen LogP contribution in [0.1, 0.15) is 35.6 Å². The lowest BCUT2D eigenvalue weighted by Crippen LogP contribution is -2.36. The molecule has 1 aliphatic heterocycles. The SMILES string of the molecule is Cc1cc(C)c(CN2CCC(N)C2C)cc1C. The molecule has 0 aromatic heterocycles. The van der Waals surface area contributed by atoms with Gasteiger partial charge in [-0.3, -0.25) is 4.90 Å². The molecule has 0 spiro atoms. The Hall–Kier alpha value is -0.860.